The van der Waals surface area contributed by atoms with E-state index in [9.17, 15) is 13.2 Å². The fraction of sp³-hybridized carbons (Fsp3) is 0.875. The molecule has 2 rings (SSSR count). The van der Waals surface area contributed by atoms with E-state index < -0.39 is 21.5 Å². The number of nitrogens with two attached hydrogens (primary N) is 1. The maximum absolute atomic E-state index is 11.2. The second kappa shape index (κ2) is 3.43. The summed E-state index contributed by atoms with van der Waals surface area (Å²) < 4.78 is 32.2. The summed E-state index contributed by atoms with van der Waals surface area (Å²) in [4.78, 5) is 11.2. The highest BCUT2D eigenvalue weighted by Gasteiger charge is 2.52. The van der Waals surface area contributed by atoms with Crippen LogP contribution in [0.4, 0.5) is 0 Å². The average Bonchev–Trinajstić information content (AvgIpc) is 2.59. The number of carbonyl (C=O) groups excluding carboxylic acids is 1. The molecule has 2 unspecified atom stereocenters. The van der Waals surface area contributed by atoms with Crippen molar-refractivity contribution < 1.29 is 22.7 Å². The Morgan fingerprint density at radius 1 is 1.53 bits per heavy atom. The van der Waals surface area contributed by atoms with E-state index in [2.05, 4.69) is 0 Å². The number of carbonyl (C=O) groups is 1. The third kappa shape index (κ3) is 2.14. The van der Waals surface area contributed by atoms with Crippen LogP contribution in [-0.2, 0) is 24.3 Å². The van der Waals surface area contributed by atoms with E-state index in [1.807, 2.05) is 0 Å². The lowest BCUT2D eigenvalue weighted by Crippen LogP contribution is -2.38. The summed E-state index contributed by atoms with van der Waals surface area (Å²) in [6.45, 7) is 0.913. The van der Waals surface area contributed by atoms with Crippen LogP contribution in [0.5, 0.6) is 0 Å². The molecule has 2 N–H and O–H groups in total. The van der Waals surface area contributed by atoms with Crippen molar-refractivity contribution in [3.05, 3.63) is 0 Å². The minimum Gasteiger partial charge on any atom is -0.460 e. The molecule has 15 heavy (non-hydrogen) atoms. The van der Waals surface area contributed by atoms with Gasteiger partial charge in [0.25, 0.3) is 0 Å². The molecular weight excluding hydrogens is 222 g/mol. The fourth-order valence-electron chi connectivity index (χ4n) is 2.16. The van der Waals surface area contributed by atoms with Crippen LogP contribution in [0.15, 0.2) is 0 Å². The van der Waals surface area contributed by atoms with Crippen LogP contribution in [0.3, 0.4) is 0 Å². The Kier molecular flexibility index (Phi) is 2.48. The zero-order valence-electron chi connectivity index (χ0n) is 8.14. The summed E-state index contributed by atoms with van der Waals surface area (Å²) in [6, 6.07) is 0. The van der Waals surface area contributed by atoms with Crippen molar-refractivity contribution in [2.24, 2.45) is 10.6 Å². The van der Waals surface area contributed by atoms with Crippen LogP contribution in [0.1, 0.15) is 12.8 Å². The molecule has 0 aromatic carbocycles. The van der Waals surface area contributed by atoms with Crippen LogP contribution in [0.25, 0.3) is 0 Å². The lowest BCUT2D eigenvalue weighted by molar-refractivity contribution is -0.140. The number of rotatable bonds is 2. The van der Waals surface area contributed by atoms with Gasteiger partial charge >= 0.3 is 5.97 Å². The topological polar surface area (TPSA) is 95.7 Å². The molecule has 2 atom stereocenters. The largest absolute Gasteiger partial charge is 0.460 e. The van der Waals surface area contributed by atoms with Crippen LogP contribution in [0, 0.1) is 5.41 Å². The van der Waals surface area contributed by atoms with E-state index in [1.165, 1.54) is 0 Å². The minimum atomic E-state index is -3.63. The number of ether oxygens (including phenoxy) is 2. The number of esters is 1. The average molecular weight is 235 g/mol. The monoisotopic (exact) mass is 235 g/mol. The van der Waals surface area contributed by atoms with Crippen molar-refractivity contribution in [1.29, 1.82) is 0 Å². The molecule has 0 bridgehead atoms. The van der Waals surface area contributed by atoms with Crippen molar-refractivity contribution in [2.75, 3.05) is 19.0 Å². The number of hydrogen-bond donors (Lipinski definition) is 1. The van der Waals surface area contributed by atoms with E-state index in [1.54, 1.807) is 0 Å². The van der Waals surface area contributed by atoms with E-state index >= 15 is 0 Å². The van der Waals surface area contributed by atoms with Crippen molar-refractivity contribution in [3.63, 3.8) is 0 Å². The molecule has 0 radical (unpaired) electrons. The van der Waals surface area contributed by atoms with Crippen LogP contribution < -0.4 is 5.14 Å². The summed E-state index contributed by atoms with van der Waals surface area (Å²) in [6.07, 6.45) is 0.231. The zero-order valence-corrected chi connectivity index (χ0v) is 8.96. The Labute approximate surface area is 87.8 Å². The number of hydrogen-bond acceptors (Lipinski definition) is 5. The van der Waals surface area contributed by atoms with Crippen LogP contribution in [0.2, 0.25) is 0 Å². The van der Waals surface area contributed by atoms with Crippen molar-refractivity contribution in [3.8, 4) is 0 Å². The zero-order chi connectivity index (χ0) is 11.1. The molecule has 2 fully saturated rings. The van der Waals surface area contributed by atoms with Gasteiger partial charge in [0.05, 0.1) is 13.0 Å². The first-order valence-corrected chi connectivity index (χ1v) is 6.41. The molecule has 6 nitrogen and oxygen atoms in total. The second-order valence-corrected chi connectivity index (χ2v) is 5.81. The van der Waals surface area contributed by atoms with E-state index in [-0.39, 0.29) is 18.1 Å². The third-order valence-corrected chi connectivity index (χ3v) is 3.74. The fourth-order valence-corrected chi connectivity index (χ4v) is 3.01. The van der Waals surface area contributed by atoms with E-state index in [0.717, 1.165) is 0 Å². The van der Waals surface area contributed by atoms with Gasteiger partial charge in [0.15, 0.2) is 0 Å². The van der Waals surface area contributed by atoms with Gasteiger partial charge in [0, 0.05) is 12.0 Å². The summed E-state index contributed by atoms with van der Waals surface area (Å²) in [5.41, 5.74) is -0.469. The lowest BCUT2D eigenvalue weighted by atomic mass is 9.81. The third-order valence-electron chi connectivity index (χ3n) is 2.97. The van der Waals surface area contributed by atoms with Gasteiger partial charge in [-0.05, 0) is 6.42 Å². The first-order chi connectivity index (χ1) is 6.91. The van der Waals surface area contributed by atoms with Crippen LogP contribution >= 0.6 is 0 Å². The van der Waals surface area contributed by atoms with Gasteiger partial charge in [0.2, 0.25) is 10.0 Å². The summed E-state index contributed by atoms with van der Waals surface area (Å²) in [5.74, 6) is -0.684. The second-order valence-electron chi connectivity index (χ2n) is 4.15. The molecule has 2 aliphatic rings. The van der Waals surface area contributed by atoms with Crippen molar-refractivity contribution >= 4 is 16.0 Å². The van der Waals surface area contributed by atoms with Crippen molar-refractivity contribution in [1.82, 2.24) is 0 Å². The molecule has 1 spiro atoms. The molecule has 7 heteroatoms. The predicted octanol–water partition coefficient (Wildman–Crippen LogP) is -1.00. The molecule has 0 aromatic heterocycles. The summed E-state index contributed by atoms with van der Waals surface area (Å²) in [5, 5.41) is 4.95. The highest BCUT2D eigenvalue weighted by Crippen LogP contribution is 2.43. The molecule has 2 aliphatic heterocycles. The van der Waals surface area contributed by atoms with Gasteiger partial charge in [-0.1, -0.05) is 0 Å². The normalized spacial score (nSPS) is 36.1. The SMILES string of the molecule is NS(=O)(=O)CC1OC(=O)CC12CCOC2. The van der Waals surface area contributed by atoms with Crippen LogP contribution in [-0.4, -0.2) is 39.5 Å². The Hall–Kier alpha value is -0.660. The van der Waals surface area contributed by atoms with Gasteiger partial charge in [-0.2, -0.15) is 0 Å². The molecule has 0 saturated carbocycles. The lowest BCUT2D eigenvalue weighted by Gasteiger charge is -2.25. The Morgan fingerprint density at radius 3 is 2.80 bits per heavy atom. The molecule has 0 aliphatic carbocycles. The Balaban J connectivity index is 2.19. The molecule has 0 amide bonds. The summed E-state index contributed by atoms with van der Waals surface area (Å²) >= 11 is 0. The highest BCUT2D eigenvalue weighted by atomic mass is 32.2. The van der Waals surface area contributed by atoms with Gasteiger partial charge in [-0.25, -0.2) is 13.6 Å². The molecular formula is C8H13NO5S. The first-order valence-electron chi connectivity index (χ1n) is 4.69. The standard InChI is InChI=1S/C8H13NO5S/c9-15(11,12)4-6-8(1-2-13-5-8)3-7(10)14-6/h6H,1-5H2,(H2,9,11,12). The Bertz CT molecular complexity index is 370. The first kappa shape index (κ1) is 10.8. The predicted molar refractivity (Wildman–Crippen MR) is 50.3 cm³/mol. The Morgan fingerprint density at radius 2 is 2.27 bits per heavy atom. The van der Waals surface area contributed by atoms with Gasteiger partial charge in [-0.3, -0.25) is 4.79 Å². The van der Waals surface area contributed by atoms with Gasteiger partial charge in [-0.15, -0.1) is 0 Å². The smallest absolute Gasteiger partial charge is 0.306 e. The number of sulfonamides is 1. The number of cyclic esters (lactones) is 1. The van der Waals surface area contributed by atoms with Crippen molar-refractivity contribution in [2.45, 2.75) is 18.9 Å². The quantitative estimate of drug-likeness (QED) is 0.619. The molecule has 86 valence electrons. The van der Waals surface area contributed by atoms with E-state index in [0.29, 0.717) is 19.6 Å². The molecule has 2 saturated heterocycles. The number of primary sulfonamides is 1. The summed E-state index contributed by atoms with van der Waals surface area (Å²) in [7, 11) is -3.63. The highest BCUT2D eigenvalue weighted by molar-refractivity contribution is 7.89. The van der Waals surface area contributed by atoms with E-state index in [4.69, 9.17) is 14.6 Å². The van der Waals surface area contributed by atoms with Gasteiger partial charge in [0.1, 0.15) is 11.9 Å². The molecule has 0 aromatic rings. The minimum absolute atomic E-state index is 0.229. The maximum Gasteiger partial charge on any atom is 0.306 e. The maximum atomic E-state index is 11.2. The molecule has 2 heterocycles. The van der Waals surface area contributed by atoms with Gasteiger partial charge < -0.3 is 9.47 Å².